The van der Waals surface area contributed by atoms with Gasteiger partial charge in [-0.2, -0.15) is 0 Å². The molecule has 1 spiro atoms. The number of hydrogen-bond acceptors (Lipinski definition) is 2. The molecule has 0 radical (unpaired) electrons. The standard InChI is InChI=1S/C58H49NO.C2H6/c1-7-11-20-40(10-4)45-36-53(42-21-13-12-14-22-42)59-54(37-45)43-29-27-41(28-30-43)44-31-32-48-49-33-34-56(60-55(19-8-2)38(5)9-3)39(6)57(49)58(52(48)35-44)50-25-17-15-23-46(50)47-24-16-18-26-51(47)58;1-2/h7-17,19-25,27-37H,2,4,18,26H2,1,3,5-6H3;1-2H3/b11-7-,38-9-,40-20+,55-19+;. The van der Waals surface area contributed by atoms with Crippen LogP contribution in [-0.4, -0.2) is 4.98 Å². The molecule has 62 heavy (non-hydrogen) atoms. The first-order valence-electron chi connectivity index (χ1n) is 22.0. The van der Waals surface area contributed by atoms with E-state index in [4.69, 9.17) is 9.72 Å². The van der Waals surface area contributed by atoms with Crippen LogP contribution in [0, 0.1) is 6.92 Å². The van der Waals surface area contributed by atoms with Gasteiger partial charge in [-0.3, -0.25) is 0 Å². The molecular weight excluding hydrogens is 751 g/mol. The molecule has 0 amide bonds. The Morgan fingerprint density at radius 3 is 2.10 bits per heavy atom. The third kappa shape index (κ3) is 7.10. The first-order valence-corrected chi connectivity index (χ1v) is 22.0. The summed E-state index contributed by atoms with van der Waals surface area (Å²) in [5.41, 5.74) is 21.0. The highest BCUT2D eigenvalue weighted by Gasteiger charge is 2.53. The number of benzene rings is 5. The fraction of sp³-hybridized carbons (Fsp3) is 0.150. The van der Waals surface area contributed by atoms with E-state index in [9.17, 15) is 0 Å². The number of allylic oxidation sites excluding steroid dienone is 13. The van der Waals surface area contributed by atoms with Crippen LogP contribution in [0.1, 0.15) is 80.8 Å². The third-order valence-electron chi connectivity index (χ3n) is 12.5. The molecule has 0 saturated heterocycles. The fourth-order valence-electron chi connectivity index (χ4n) is 9.55. The normalized spacial score (nSPS) is 16.4. The van der Waals surface area contributed by atoms with Crippen LogP contribution in [0.5, 0.6) is 5.75 Å². The first-order chi connectivity index (χ1) is 30.4. The van der Waals surface area contributed by atoms with E-state index in [1.165, 1.54) is 50.1 Å². The second-order valence-electron chi connectivity index (χ2n) is 15.8. The van der Waals surface area contributed by atoms with Gasteiger partial charge >= 0.3 is 0 Å². The fourth-order valence-corrected chi connectivity index (χ4v) is 9.55. The summed E-state index contributed by atoms with van der Waals surface area (Å²) in [6, 6.07) is 44.3. The lowest BCUT2D eigenvalue weighted by molar-refractivity contribution is 0.431. The summed E-state index contributed by atoms with van der Waals surface area (Å²) in [4.78, 5) is 5.20. The third-order valence-corrected chi connectivity index (χ3v) is 12.5. The minimum atomic E-state index is -0.444. The van der Waals surface area contributed by atoms with Crippen molar-refractivity contribution in [2.24, 2.45) is 0 Å². The van der Waals surface area contributed by atoms with Crippen LogP contribution in [-0.2, 0) is 5.41 Å². The van der Waals surface area contributed by atoms with Crippen LogP contribution in [0.2, 0.25) is 0 Å². The monoisotopic (exact) mass is 805 g/mol. The molecule has 3 aliphatic carbocycles. The number of fused-ring (bicyclic) bond motifs is 9. The molecule has 1 unspecified atom stereocenters. The highest BCUT2D eigenvalue weighted by atomic mass is 16.5. The quantitative estimate of drug-likeness (QED) is 0.102. The molecule has 0 saturated carbocycles. The molecule has 2 heteroatoms. The van der Waals surface area contributed by atoms with E-state index in [0.29, 0.717) is 0 Å². The molecular formula is C60H55NO. The molecule has 9 rings (SSSR count). The van der Waals surface area contributed by atoms with Crippen LogP contribution in [0.4, 0.5) is 0 Å². The van der Waals surface area contributed by atoms with Gasteiger partial charge < -0.3 is 4.74 Å². The maximum atomic E-state index is 6.78. The average molecular weight is 806 g/mol. The maximum absolute atomic E-state index is 6.78. The summed E-state index contributed by atoms with van der Waals surface area (Å²) in [6.45, 7) is 20.5. The molecule has 0 aliphatic heterocycles. The Bertz CT molecular complexity index is 2890. The second kappa shape index (κ2) is 17.9. The molecule has 1 aromatic heterocycles. The van der Waals surface area contributed by atoms with Crippen LogP contribution in [0.25, 0.3) is 55.9 Å². The number of rotatable bonds is 10. The van der Waals surface area contributed by atoms with E-state index in [1.54, 1.807) is 6.08 Å². The zero-order valence-corrected chi connectivity index (χ0v) is 36.9. The van der Waals surface area contributed by atoms with Crippen molar-refractivity contribution in [2.75, 3.05) is 0 Å². The molecule has 1 atom stereocenters. The summed E-state index contributed by atoms with van der Waals surface area (Å²) >= 11 is 0. The largest absolute Gasteiger partial charge is 0.457 e. The Labute approximate surface area is 369 Å². The van der Waals surface area contributed by atoms with Crippen LogP contribution in [0.15, 0.2) is 206 Å². The predicted molar refractivity (Wildman–Crippen MR) is 265 cm³/mol. The van der Waals surface area contributed by atoms with Crippen molar-refractivity contribution in [3.8, 4) is 50.5 Å². The van der Waals surface area contributed by atoms with Crippen molar-refractivity contribution in [3.05, 3.63) is 239 Å². The van der Waals surface area contributed by atoms with E-state index in [1.807, 2.05) is 52.0 Å². The van der Waals surface area contributed by atoms with Gasteiger partial charge in [-0.05, 0) is 149 Å². The molecule has 306 valence electrons. The van der Waals surface area contributed by atoms with E-state index in [0.717, 1.165) is 74.7 Å². The van der Waals surface area contributed by atoms with Crippen molar-refractivity contribution in [1.29, 1.82) is 0 Å². The number of aromatic nitrogens is 1. The van der Waals surface area contributed by atoms with Gasteiger partial charge in [-0.1, -0.05) is 173 Å². The Morgan fingerprint density at radius 2 is 1.39 bits per heavy atom. The predicted octanol–water partition coefficient (Wildman–Crippen LogP) is 16.4. The van der Waals surface area contributed by atoms with Crippen molar-refractivity contribution < 1.29 is 4.74 Å². The van der Waals surface area contributed by atoms with Gasteiger partial charge in [0.1, 0.15) is 11.5 Å². The van der Waals surface area contributed by atoms with Crippen LogP contribution >= 0.6 is 0 Å². The van der Waals surface area contributed by atoms with Crippen molar-refractivity contribution >= 4 is 11.1 Å². The number of nitrogens with zero attached hydrogens (tertiary/aromatic N) is 1. The number of pyridine rings is 1. The zero-order chi connectivity index (χ0) is 43.4. The Morgan fingerprint density at radius 1 is 0.710 bits per heavy atom. The van der Waals surface area contributed by atoms with Gasteiger partial charge in [0.25, 0.3) is 0 Å². The van der Waals surface area contributed by atoms with Crippen molar-refractivity contribution in [2.45, 2.75) is 59.8 Å². The molecule has 2 nitrogen and oxygen atoms in total. The van der Waals surface area contributed by atoms with E-state index in [-0.39, 0.29) is 0 Å². The van der Waals surface area contributed by atoms with Gasteiger partial charge in [0.05, 0.1) is 16.8 Å². The summed E-state index contributed by atoms with van der Waals surface area (Å²) in [6.07, 6.45) is 20.7. The lowest BCUT2D eigenvalue weighted by atomic mass is 9.66. The van der Waals surface area contributed by atoms with Crippen molar-refractivity contribution in [3.63, 3.8) is 0 Å². The highest BCUT2D eigenvalue weighted by Crippen LogP contribution is 2.65. The topological polar surface area (TPSA) is 22.1 Å². The smallest absolute Gasteiger partial charge is 0.130 e. The van der Waals surface area contributed by atoms with Gasteiger partial charge in [0.15, 0.2) is 0 Å². The Hall–Kier alpha value is -7.03. The molecule has 5 aromatic carbocycles. The lowest BCUT2D eigenvalue weighted by Crippen LogP contribution is -2.29. The van der Waals surface area contributed by atoms with Crippen LogP contribution in [0.3, 0.4) is 0 Å². The van der Waals surface area contributed by atoms with Gasteiger partial charge in [0.2, 0.25) is 0 Å². The Balaban J connectivity index is 0.00000261. The second-order valence-corrected chi connectivity index (χ2v) is 15.8. The SMILES string of the molecule is C=C/C=C(Oc1ccc2c(c1C)C1(C3=C(C=CCC3)c3ccccc31)c1cc(-c3ccc(-c4cc(/C(C=C)=C/C=C\C)cc(-c5ccccc5)n4)cc3)ccc1-2)\C(C)=C/C.CC. The van der Waals surface area contributed by atoms with Gasteiger partial charge in [-0.25, -0.2) is 4.98 Å². The molecule has 0 fully saturated rings. The summed E-state index contributed by atoms with van der Waals surface area (Å²) < 4.78 is 6.78. The lowest BCUT2D eigenvalue weighted by Gasteiger charge is -2.35. The number of ether oxygens (including phenoxy) is 1. The average Bonchev–Trinajstić information content (AvgIpc) is 3.80. The number of hydrogen-bond donors (Lipinski definition) is 0. The maximum Gasteiger partial charge on any atom is 0.130 e. The van der Waals surface area contributed by atoms with E-state index in [2.05, 4.69) is 173 Å². The summed E-state index contributed by atoms with van der Waals surface area (Å²) in [7, 11) is 0. The van der Waals surface area contributed by atoms with Gasteiger partial charge in [0, 0.05) is 11.1 Å². The van der Waals surface area contributed by atoms with Crippen LogP contribution < -0.4 is 4.74 Å². The highest BCUT2D eigenvalue weighted by molar-refractivity contribution is 5.98. The van der Waals surface area contributed by atoms with E-state index < -0.39 is 5.41 Å². The van der Waals surface area contributed by atoms with Crippen molar-refractivity contribution in [1.82, 2.24) is 4.98 Å². The minimum Gasteiger partial charge on any atom is -0.457 e. The molecule has 0 N–H and O–H groups in total. The molecule has 3 aliphatic rings. The minimum absolute atomic E-state index is 0.444. The molecule has 1 heterocycles. The molecule has 0 bridgehead atoms. The summed E-state index contributed by atoms with van der Waals surface area (Å²) in [5, 5.41) is 0. The van der Waals surface area contributed by atoms with Gasteiger partial charge in [-0.15, -0.1) is 0 Å². The Kier molecular flexibility index (Phi) is 12.0. The first kappa shape index (κ1) is 41.7. The summed E-state index contributed by atoms with van der Waals surface area (Å²) in [5.74, 6) is 1.68. The zero-order valence-electron chi connectivity index (χ0n) is 36.9. The van der Waals surface area contributed by atoms with E-state index >= 15 is 0 Å². The molecule has 6 aromatic rings.